The average molecular weight is 261 g/mol. The Balaban J connectivity index is 2.42. The minimum Gasteiger partial charge on any atom is -0.318 e. The Bertz CT molecular complexity index is 561. The highest BCUT2D eigenvalue weighted by molar-refractivity contribution is 7.99. The number of nitrogen functional groups attached to an aromatic ring is 1. The summed E-state index contributed by atoms with van der Waals surface area (Å²) >= 11 is 1.33. The normalized spacial score (nSPS) is 10.1. The van der Waals surface area contributed by atoms with Crippen molar-refractivity contribution in [1.29, 1.82) is 0 Å². The van der Waals surface area contributed by atoms with Crippen LogP contribution >= 0.6 is 11.8 Å². The summed E-state index contributed by atoms with van der Waals surface area (Å²) in [6.45, 7) is 0. The molecule has 92 valence electrons. The first-order valence-corrected chi connectivity index (χ1v) is 6.01. The maximum Gasteiger partial charge on any atom is 0.307 e. The molecule has 0 aliphatic carbocycles. The molecule has 0 aromatic heterocycles. The van der Waals surface area contributed by atoms with Crippen LogP contribution in [0.2, 0.25) is 0 Å². The average Bonchev–Trinajstić information content (AvgIpc) is 2.39. The van der Waals surface area contributed by atoms with Crippen molar-refractivity contribution >= 4 is 23.1 Å². The summed E-state index contributed by atoms with van der Waals surface area (Å²) in [4.78, 5) is 12.2. The fraction of sp³-hybridized carbons (Fsp3) is 0. The highest BCUT2D eigenvalue weighted by atomic mass is 32.2. The van der Waals surface area contributed by atoms with E-state index in [9.17, 15) is 10.1 Å². The molecule has 0 unspecified atom stereocenters. The molecule has 0 aliphatic heterocycles. The lowest BCUT2D eigenvalue weighted by Gasteiger charge is -2.06. The zero-order chi connectivity index (χ0) is 13.0. The fourth-order valence-corrected chi connectivity index (χ4v) is 2.50. The molecule has 0 radical (unpaired) electrons. The van der Waals surface area contributed by atoms with Crippen LogP contribution in [0, 0.1) is 10.1 Å². The van der Waals surface area contributed by atoms with Gasteiger partial charge in [-0.05, 0) is 24.3 Å². The third-order valence-electron chi connectivity index (χ3n) is 2.31. The van der Waals surface area contributed by atoms with Crippen LogP contribution in [0.5, 0.6) is 0 Å². The second-order valence-electron chi connectivity index (χ2n) is 3.47. The van der Waals surface area contributed by atoms with Gasteiger partial charge in [0.1, 0.15) is 5.69 Å². The van der Waals surface area contributed by atoms with Crippen molar-refractivity contribution in [3.8, 4) is 0 Å². The van der Waals surface area contributed by atoms with Crippen LogP contribution in [0.15, 0.2) is 58.3 Å². The second kappa shape index (κ2) is 5.52. The lowest BCUT2D eigenvalue weighted by molar-refractivity contribution is -0.386. The van der Waals surface area contributed by atoms with E-state index in [2.05, 4.69) is 5.43 Å². The first-order valence-electron chi connectivity index (χ1n) is 5.19. The molecule has 0 aliphatic rings. The monoisotopic (exact) mass is 261 g/mol. The summed E-state index contributed by atoms with van der Waals surface area (Å²) in [5, 5.41) is 11.1. The molecule has 2 rings (SSSR count). The minimum absolute atomic E-state index is 0.00569. The zero-order valence-corrected chi connectivity index (χ0v) is 10.2. The number of benzene rings is 2. The summed E-state index contributed by atoms with van der Waals surface area (Å²) in [5.41, 5.74) is 2.65. The molecule has 0 amide bonds. The first kappa shape index (κ1) is 12.4. The number of hydrogen-bond acceptors (Lipinski definition) is 5. The lowest BCUT2D eigenvalue weighted by atomic mass is 10.3. The molecule has 0 spiro atoms. The quantitative estimate of drug-likeness (QED) is 0.502. The van der Waals surface area contributed by atoms with E-state index in [1.54, 1.807) is 18.2 Å². The van der Waals surface area contributed by atoms with Crippen molar-refractivity contribution in [2.24, 2.45) is 5.84 Å². The first-order chi connectivity index (χ1) is 8.72. The van der Waals surface area contributed by atoms with Crippen LogP contribution in [0.4, 0.5) is 11.4 Å². The third kappa shape index (κ3) is 2.61. The van der Waals surface area contributed by atoms with Crippen LogP contribution in [-0.2, 0) is 0 Å². The van der Waals surface area contributed by atoms with E-state index in [0.717, 1.165) is 4.90 Å². The van der Waals surface area contributed by atoms with Gasteiger partial charge in [-0.3, -0.25) is 16.0 Å². The summed E-state index contributed by atoms with van der Waals surface area (Å²) in [7, 11) is 0. The number of hydrazine groups is 1. The standard InChI is InChI=1S/C12H11N3O2S/c13-14-10-7-4-8-11(12(10)15(16)17)18-9-5-2-1-3-6-9/h1-8,14H,13H2. The van der Waals surface area contributed by atoms with Crippen LogP contribution < -0.4 is 11.3 Å². The van der Waals surface area contributed by atoms with Crippen molar-refractivity contribution in [3.05, 3.63) is 58.6 Å². The molecular formula is C12H11N3O2S. The number of nitrogens with zero attached hydrogens (tertiary/aromatic N) is 1. The molecule has 6 heteroatoms. The number of nitrogens with two attached hydrogens (primary N) is 1. The van der Waals surface area contributed by atoms with Crippen molar-refractivity contribution in [1.82, 2.24) is 0 Å². The van der Waals surface area contributed by atoms with E-state index in [0.29, 0.717) is 10.6 Å². The Morgan fingerprint density at radius 3 is 2.44 bits per heavy atom. The molecule has 0 atom stereocenters. The molecule has 5 nitrogen and oxygen atoms in total. The van der Waals surface area contributed by atoms with Gasteiger partial charge in [0.15, 0.2) is 0 Å². The molecule has 2 aromatic carbocycles. The van der Waals surface area contributed by atoms with Gasteiger partial charge in [0, 0.05) is 4.90 Å². The number of rotatable bonds is 4. The van der Waals surface area contributed by atoms with E-state index in [1.165, 1.54) is 11.8 Å². The highest BCUT2D eigenvalue weighted by Crippen LogP contribution is 2.38. The van der Waals surface area contributed by atoms with Crippen LogP contribution in [0.25, 0.3) is 0 Å². The van der Waals surface area contributed by atoms with Gasteiger partial charge in [0.05, 0.1) is 9.82 Å². The number of nitro benzene ring substituents is 1. The SMILES string of the molecule is NNc1cccc(Sc2ccccc2)c1[N+](=O)[O-]. The van der Waals surface area contributed by atoms with E-state index in [1.807, 2.05) is 30.3 Å². The Morgan fingerprint density at radius 2 is 1.83 bits per heavy atom. The number of para-hydroxylation sites is 1. The van der Waals surface area contributed by atoms with Gasteiger partial charge in [-0.25, -0.2) is 0 Å². The third-order valence-corrected chi connectivity index (χ3v) is 3.37. The van der Waals surface area contributed by atoms with E-state index in [-0.39, 0.29) is 5.69 Å². The molecule has 2 aromatic rings. The van der Waals surface area contributed by atoms with Gasteiger partial charge in [0.2, 0.25) is 0 Å². The van der Waals surface area contributed by atoms with Gasteiger partial charge >= 0.3 is 5.69 Å². The molecule has 0 fully saturated rings. The number of hydrogen-bond donors (Lipinski definition) is 2. The summed E-state index contributed by atoms with van der Waals surface area (Å²) in [6.07, 6.45) is 0. The van der Waals surface area contributed by atoms with Crippen LogP contribution in [-0.4, -0.2) is 4.92 Å². The van der Waals surface area contributed by atoms with Crippen LogP contribution in [0.1, 0.15) is 0 Å². The summed E-state index contributed by atoms with van der Waals surface area (Å²) < 4.78 is 0. The summed E-state index contributed by atoms with van der Waals surface area (Å²) in [6, 6.07) is 14.5. The topological polar surface area (TPSA) is 81.2 Å². The maximum atomic E-state index is 11.1. The Labute approximate surface area is 108 Å². The molecule has 18 heavy (non-hydrogen) atoms. The zero-order valence-electron chi connectivity index (χ0n) is 9.37. The van der Waals surface area contributed by atoms with Gasteiger partial charge < -0.3 is 5.43 Å². The molecule has 0 saturated heterocycles. The predicted octanol–water partition coefficient (Wildman–Crippen LogP) is 3.03. The summed E-state index contributed by atoms with van der Waals surface area (Å²) in [5.74, 6) is 5.29. The molecule has 0 saturated carbocycles. The van der Waals surface area contributed by atoms with Crippen molar-refractivity contribution < 1.29 is 4.92 Å². The van der Waals surface area contributed by atoms with Gasteiger partial charge in [-0.2, -0.15) is 0 Å². The second-order valence-corrected chi connectivity index (χ2v) is 4.58. The largest absolute Gasteiger partial charge is 0.318 e. The molecular weight excluding hydrogens is 250 g/mol. The number of nitro groups is 1. The Hall–Kier alpha value is -2.05. The Morgan fingerprint density at radius 1 is 1.11 bits per heavy atom. The highest BCUT2D eigenvalue weighted by Gasteiger charge is 2.19. The van der Waals surface area contributed by atoms with Gasteiger partial charge in [0.25, 0.3) is 0 Å². The molecule has 0 heterocycles. The van der Waals surface area contributed by atoms with E-state index in [4.69, 9.17) is 5.84 Å². The van der Waals surface area contributed by atoms with E-state index < -0.39 is 4.92 Å². The van der Waals surface area contributed by atoms with Gasteiger partial charge in [-0.15, -0.1) is 0 Å². The van der Waals surface area contributed by atoms with Crippen molar-refractivity contribution in [2.75, 3.05) is 5.43 Å². The van der Waals surface area contributed by atoms with Crippen molar-refractivity contribution in [2.45, 2.75) is 9.79 Å². The predicted molar refractivity (Wildman–Crippen MR) is 71.5 cm³/mol. The van der Waals surface area contributed by atoms with Gasteiger partial charge in [-0.1, -0.05) is 36.0 Å². The minimum atomic E-state index is -0.430. The maximum absolute atomic E-state index is 11.1. The number of anilines is 1. The number of nitrogens with one attached hydrogen (secondary N) is 1. The fourth-order valence-electron chi connectivity index (χ4n) is 1.52. The Kier molecular flexibility index (Phi) is 3.81. The smallest absolute Gasteiger partial charge is 0.307 e. The van der Waals surface area contributed by atoms with E-state index >= 15 is 0 Å². The van der Waals surface area contributed by atoms with Crippen molar-refractivity contribution in [3.63, 3.8) is 0 Å². The molecule has 3 N–H and O–H groups in total. The van der Waals surface area contributed by atoms with Crippen LogP contribution in [0.3, 0.4) is 0 Å². The lowest BCUT2D eigenvalue weighted by Crippen LogP contribution is -2.09. The molecule has 0 bridgehead atoms.